The van der Waals surface area contributed by atoms with Gasteiger partial charge < -0.3 is 20.1 Å². The van der Waals surface area contributed by atoms with Crippen molar-refractivity contribution in [2.45, 2.75) is 56.7 Å². The molecule has 0 radical (unpaired) electrons. The molecule has 0 unspecified atom stereocenters. The van der Waals surface area contributed by atoms with E-state index in [9.17, 15) is 9.50 Å². The van der Waals surface area contributed by atoms with Gasteiger partial charge in [-0.2, -0.15) is 0 Å². The maximum Gasteiger partial charge on any atom is 0.250 e. The number of pyridine rings is 1. The smallest absolute Gasteiger partial charge is 0.250 e. The zero-order chi connectivity index (χ0) is 24.1. The van der Waals surface area contributed by atoms with E-state index in [1.807, 2.05) is 7.05 Å². The fourth-order valence-corrected chi connectivity index (χ4v) is 5.47. The number of anilines is 1. The third-order valence-electron chi connectivity index (χ3n) is 7.24. The fraction of sp³-hybridized carbons (Fsp3) is 0.440. The van der Waals surface area contributed by atoms with Crippen molar-refractivity contribution in [3.8, 4) is 34.1 Å². The number of nitrogens with zero attached hydrogens (tertiary/aromatic N) is 5. The summed E-state index contributed by atoms with van der Waals surface area (Å²) in [4.78, 5) is 10.6. The first-order valence-electron chi connectivity index (χ1n) is 11.4. The van der Waals surface area contributed by atoms with Crippen LogP contribution in [-0.2, 0) is 0 Å². The molecule has 4 heterocycles. The zero-order valence-corrected chi connectivity index (χ0v) is 19.8. The summed E-state index contributed by atoms with van der Waals surface area (Å²) in [6, 6.07) is 6.66. The summed E-state index contributed by atoms with van der Waals surface area (Å²) in [5, 5.41) is 23.1. The van der Waals surface area contributed by atoms with Crippen LogP contribution in [0.2, 0.25) is 0 Å². The van der Waals surface area contributed by atoms with E-state index in [4.69, 9.17) is 4.74 Å². The van der Waals surface area contributed by atoms with E-state index in [1.54, 1.807) is 18.3 Å². The highest BCUT2D eigenvalue weighted by Gasteiger charge is 2.49. The SMILES string of the molecule is COc1ncc(-c2ccc(-c3ncc(N(C)[C@H]4C[C@]5(C)CC[C@](C)(C4)N5)nn3)c(O)c2)cc1F. The van der Waals surface area contributed by atoms with Gasteiger partial charge in [0, 0.05) is 35.9 Å². The number of aromatic nitrogens is 4. The van der Waals surface area contributed by atoms with Crippen molar-refractivity contribution in [1.29, 1.82) is 0 Å². The number of methoxy groups -OCH3 is 1. The number of aromatic hydroxyl groups is 1. The molecule has 9 heteroatoms. The van der Waals surface area contributed by atoms with Crippen molar-refractivity contribution in [2.75, 3.05) is 19.1 Å². The largest absolute Gasteiger partial charge is 0.507 e. The Kier molecular flexibility index (Phi) is 5.39. The molecule has 2 fully saturated rings. The third-order valence-corrected chi connectivity index (χ3v) is 7.24. The number of phenolic OH excluding ortho intramolecular Hbond substituents is 1. The number of hydrogen-bond donors (Lipinski definition) is 2. The van der Waals surface area contributed by atoms with Gasteiger partial charge >= 0.3 is 0 Å². The lowest BCUT2D eigenvalue weighted by Gasteiger charge is -2.45. The molecule has 34 heavy (non-hydrogen) atoms. The molecule has 5 rings (SSSR count). The summed E-state index contributed by atoms with van der Waals surface area (Å²) < 4.78 is 18.9. The number of rotatable bonds is 5. The lowest BCUT2D eigenvalue weighted by Crippen LogP contribution is -2.58. The summed E-state index contributed by atoms with van der Waals surface area (Å²) in [5.74, 6) is 0.366. The van der Waals surface area contributed by atoms with Crippen LogP contribution in [0.4, 0.5) is 10.2 Å². The lowest BCUT2D eigenvalue weighted by atomic mass is 9.84. The summed E-state index contributed by atoms with van der Waals surface area (Å²) in [7, 11) is 3.40. The Morgan fingerprint density at radius 2 is 1.79 bits per heavy atom. The van der Waals surface area contributed by atoms with E-state index in [1.165, 1.54) is 38.3 Å². The number of ether oxygens (including phenoxy) is 1. The molecule has 0 aliphatic carbocycles. The Balaban J connectivity index is 1.35. The average molecular weight is 465 g/mol. The van der Waals surface area contributed by atoms with E-state index < -0.39 is 5.82 Å². The topological polar surface area (TPSA) is 96.3 Å². The molecule has 0 saturated carbocycles. The number of hydrogen-bond acceptors (Lipinski definition) is 8. The third kappa shape index (κ3) is 4.04. The molecule has 2 saturated heterocycles. The number of fused-ring (bicyclic) bond motifs is 2. The quantitative estimate of drug-likeness (QED) is 0.586. The van der Waals surface area contributed by atoms with Crippen molar-refractivity contribution >= 4 is 5.82 Å². The molecule has 2 aliphatic heterocycles. The van der Waals surface area contributed by atoms with Crippen molar-refractivity contribution in [3.63, 3.8) is 0 Å². The Morgan fingerprint density at radius 3 is 2.38 bits per heavy atom. The van der Waals surface area contributed by atoms with Gasteiger partial charge in [-0.25, -0.2) is 14.4 Å². The molecule has 2 aromatic heterocycles. The van der Waals surface area contributed by atoms with E-state index in [0.29, 0.717) is 34.4 Å². The van der Waals surface area contributed by atoms with Crippen LogP contribution in [0.5, 0.6) is 11.6 Å². The predicted molar refractivity (Wildman–Crippen MR) is 127 cm³/mol. The van der Waals surface area contributed by atoms with E-state index >= 15 is 0 Å². The Morgan fingerprint density at radius 1 is 1.06 bits per heavy atom. The molecular weight excluding hydrogens is 435 g/mol. The first kappa shape index (κ1) is 22.5. The van der Waals surface area contributed by atoms with Gasteiger partial charge in [0.15, 0.2) is 17.5 Å². The molecule has 178 valence electrons. The second kappa shape index (κ2) is 8.16. The number of benzene rings is 1. The molecule has 3 aromatic rings. The highest BCUT2D eigenvalue weighted by Crippen LogP contribution is 2.43. The molecule has 2 N–H and O–H groups in total. The molecule has 8 nitrogen and oxygen atoms in total. The van der Waals surface area contributed by atoms with Crippen LogP contribution < -0.4 is 15.0 Å². The van der Waals surface area contributed by atoms with Gasteiger partial charge in [0.1, 0.15) is 5.75 Å². The van der Waals surface area contributed by atoms with Crippen LogP contribution in [0.15, 0.2) is 36.7 Å². The maximum absolute atomic E-state index is 14.0. The van der Waals surface area contributed by atoms with E-state index in [2.05, 4.69) is 44.2 Å². The van der Waals surface area contributed by atoms with Gasteiger partial charge in [-0.05, 0) is 63.3 Å². The van der Waals surface area contributed by atoms with Crippen LogP contribution in [-0.4, -0.2) is 56.5 Å². The summed E-state index contributed by atoms with van der Waals surface area (Å²) in [6.45, 7) is 4.60. The van der Waals surface area contributed by atoms with Crippen LogP contribution in [0.3, 0.4) is 0 Å². The average Bonchev–Trinajstić information content (AvgIpc) is 3.05. The minimum Gasteiger partial charge on any atom is -0.507 e. The predicted octanol–water partition coefficient (Wildman–Crippen LogP) is 3.95. The minimum atomic E-state index is -0.569. The van der Waals surface area contributed by atoms with Crippen LogP contribution in [0.25, 0.3) is 22.5 Å². The Hall–Kier alpha value is -3.33. The minimum absolute atomic E-state index is 0.0209. The highest BCUT2D eigenvalue weighted by atomic mass is 19.1. The van der Waals surface area contributed by atoms with Crippen molar-refractivity contribution in [3.05, 3.63) is 42.5 Å². The van der Waals surface area contributed by atoms with E-state index in [-0.39, 0.29) is 22.7 Å². The normalized spacial score (nSPS) is 25.9. The molecule has 0 spiro atoms. The summed E-state index contributed by atoms with van der Waals surface area (Å²) in [5.41, 5.74) is 1.90. The molecular formula is C25H29FN6O2. The second-order valence-corrected chi connectivity index (χ2v) is 10.0. The first-order valence-corrected chi connectivity index (χ1v) is 11.4. The molecule has 1 aromatic carbocycles. The Bertz CT molecular complexity index is 1200. The second-order valence-electron chi connectivity index (χ2n) is 10.0. The number of nitrogens with one attached hydrogen (secondary N) is 1. The number of piperidine rings is 1. The standard InChI is InChI=1S/C25H29FN6O2/c1-24-7-8-25(2,31-24)12-17(11-24)32(3)21-14-27-22(30-29-21)18-6-5-15(10-20(18)33)16-9-19(26)23(34-4)28-13-16/h5-6,9-10,13-14,17,31,33H,7-8,11-12H2,1-4H3/t17-,24-,25+. The van der Waals surface area contributed by atoms with Crippen LogP contribution in [0, 0.1) is 5.82 Å². The van der Waals surface area contributed by atoms with Gasteiger partial charge in [-0.3, -0.25) is 0 Å². The molecule has 3 atom stereocenters. The maximum atomic E-state index is 14.0. The van der Waals surface area contributed by atoms with E-state index in [0.717, 1.165) is 12.8 Å². The Labute approximate surface area is 198 Å². The highest BCUT2D eigenvalue weighted by molar-refractivity contribution is 5.72. The molecule has 0 amide bonds. The van der Waals surface area contributed by atoms with Crippen molar-refractivity contribution in [1.82, 2.24) is 25.5 Å². The summed E-state index contributed by atoms with van der Waals surface area (Å²) in [6.07, 6.45) is 7.66. The zero-order valence-electron chi connectivity index (χ0n) is 19.8. The number of phenols is 1. The molecule has 2 bridgehead atoms. The lowest BCUT2D eigenvalue weighted by molar-refractivity contribution is 0.207. The van der Waals surface area contributed by atoms with Crippen molar-refractivity contribution in [2.24, 2.45) is 0 Å². The van der Waals surface area contributed by atoms with Crippen molar-refractivity contribution < 1.29 is 14.2 Å². The van der Waals surface area contributed by atoms with Gasteiger partial charge in [-0.1, -0.05) is 6.07 Å². The van der Waals surface area contributed by atoms with Gasteiger partial charge in [-0.15, -0.1) is 10.2 Å². The molecule has 2 aliphatic rings. The van der Waals surface area contributed by atoms with Gasteiger partial charge in [0.25, 0.3) is 0 Å². The summed E-state index contributed by atoms with van der Waals surface area (Å²) >= 11 is 0. The van der Waals surface area contributed by atoms with Crippen LogP contribution in [0.1, 0.15) is 39.5 Å². The van der Waals surface area contributed by atoms with Crippen LogP contribution >= 0.6 is 0 Å². The fourth-order valence-electron chi connectivity index (χ4n) is 5.47. The monoisotopic (exact) mass is 464 g/mol. The number of halogens is 1. The van der Waals surface area contributed by atoms with Gasteiger partial charge in [0.2, 0.25) is 5.88 Å². The first-order chi connectivity index (χ1) is 16.2. The van der Waals surface area contributed by atoms with Gasteiger partial charge in [0.05, 0.1) is 18.9 Å².